The third-order valence-corrected chi connectivity index (χ3v) is 3.04. The number of anilines is 1. The fourth-order valence-electron chi connectivity index (χ4n) is 2.01. The Morgan fingerprint density at radius 1 is 1.26 bits per heavy atom. The first-order chi connectivity index (χ1) is 11.0. The van der Waals surface area contributed by atoms with Crippen LogP contribution < -0.4 is 14.8 Å². The van der Waals surface area contributed by atoms with E-state index in [0.29, 0.717) is 23.6 Å². The van der Waals surface area contributed by atoms with Gasteiger partial charge in [-0.15, -0.1) is 0 Å². The number of methoxy groups -OCH3 is 1. The van der Waals surface area contributed by atoms with E-state index in [2.05, 4.69) is 5.32 Å². The van der Waals surface area contributed by atoms with Gasteiger partial charge in [0, 0.05) is 17.3 Å². The van der Waals surface area contributed by atoms with Gasteiger partial charge in [0.1, 0.15) is 5.75 Å². The lowest BCUT2D eigenvalue weighted by Crippen LogP contribution is -2.12. The molecule has 0 saturated heterocycles. The largest absolute Gasteiger partial charge is 0.494 e. The molecule has 0 fully saturated rings. The Kier molecular flexibility index (Phi) is 5.14. The number of hydrogen-bond acceptors (Lipinski definition) is 5. The molecule has 0 aliphatic heterocycles. The summed E-state index contributed by atoms with van der Waals surface area (Å²) in [6, 6.07) is 10.9. The van der Waals surface area contributed by atoms with Crippen molar-refractivity contribution in [3.63, 3.8) is 0 Å². The van der Waals surface area contributed by atoms with Crippen molar-refractivity contribution in [3.8, 4) is 11.5 Å². The van der Waals surface area contributed by atoms with Gasteiger partial charge in [0.05, 0.1) is 18.6 Å². The minimum Gasteiger partial charge on any atom is -0.494 e. The zero-order chi connectivity index (χ0) is 16.8. The van der Waals surface area contributed by atoms with E-state index in [-0.39, 0.29) is 17.3 Å². The predicted octanol–water partition coefficient (Wildman–Crippen LogP) is 3.25. The highest BCUT2D eigenvalue weighted by molar-refractivity contribution is 6.04. The topological polar surface area (TPSA) is 90.7 Å². The summed E-state index contributed by atoms with van der Waals surface area (Å²) < 4.78 is 10.3. The minimum atomic E-state index is -0.565. The van der Waals surface area contributed by atoms with E-state index in [1.54, 1.807) is 24.3 Å². The quantitative estimate of drug-likeness (QED) is 0.652. The number of amides is 1. The van der Waals surface area contributed by atoms with Crippen LogP contribution in [0.15, 0.2) is 42.5 Å². The molecule has 2 aromatic carbocycles. The summed E-state index contributed by atoms with van der Waals surface area (Å²) in [6.45, 7) is 2.35. The first-order valence-corrected chi connectivity index (χ1v) is 6.91. The van der Waals surface area contributed by atoms with E-state index in [4.69, 9.17) is 9.47 Å². The molecular formula is C16H16N2O5. The number of nitrogens with one attached hydrogen (secondary N) is 1. The van der Waals surface area contributed by atoms with E-state index in [1.165, 1.54) is 25.3 Å². The van der Waals surface area contributed by atoms with Crippen LogP contribution in [-0.4, -0.2) is 24.5 Å². The number of nitro benzene ring substituents is 1. The maximum absolute atomic E-state index is 12.2. The van der Waals surface area contributed by atoms with Crippen LogP contribution in [0.25, 0.3) is 0 Å². The number of hydrogen-bond donors (Lipinski definition) is 1. The van der Waals surface area contributed by atoms with E-state index in [0.717, 1.165) is 0 Å². The van der Waals surface area contributed by atoms with Crippen LogP contribution in [0.4, 0.5) is 11.4 Å². The predicted molar refractivity (Wildman–Crippen MR) is 85.2 cm³/mol. The van der Waals surface area contributed by atoms with Crippen LogP contribution in [-0.2, 0) is 0 Å². The molecule has 0 spiro atoms. The summed E-state index contributed by atoms with van der Waals surface area (Å²) in [7, 11) is 1.35. The highest BCUT2D eigenvalue weighted by atomic mass is 16.6. The lowest BCUT2D eigenvalue weighted by Gasteiger charge is -2.08. The number of benzene rings is 2. The lowest BCUT2D eigenvalue weighted by molar-refractivity contribution is -0.385. The van der Waals surface area contributed by atoms with Gasteiger partial charge in [-0.3, -0.25) is 14.9 Å². The maximum Gasteiger partial charge on any atom is 0.312 e. The van der Waals surface area contributed by atoms with Gasteiger partial charge in [0.15, 0.2) is 5.75 Å². The van der Waals surface area contributed by atoms with Crippen LogP contribution in [0.1, 0.15) is 17.3 Å². The number of nitrogens with zero attached hydrogens (tertiary/aromatic N) is 1. The van der Waals surface area contributed by atoms with Crippen molar-refractivity contribution < 1.29 is 19.2 Å². The molecule has 23 heavy (non-hydrogen) atoms. The zero-order valence-corrected chi connectivity index (χ0v) is 12.7. The van der Waals surface area contributed by atoms with Crippen LogP contribution in [0.2, 0.25) is 0 Å². The summed E-state index contributed by atoms with van der Waals surface area (Å²) in [5.41, 5.74) is 0.493. The summed E-state index contributed by atoms with van der Waals surface area (Å²) in [5.74, 6) is 0.332. The van der Waals surface area contributed by atoms with Gasteiger partial charge >= 0.3 is 5.69 Å². The van der Waals surface area contributed by atoms with Crippen LogP contribution in [0.3, 0.4) is 0 Å². The van der Waals surface area contributed by atoms with Crippen molar-refractivity contribution in [1.29, 1.82) is 0 Å². The summed E-state index contributed by atoms with van der Waals surface area (Å²) >= 11 is 0. The smallest absolute Gasteiger partial charge is 0.312 e. The number of ether oxygens (including phenoxy) is 2. The monoisotopic (exact) mass is 316 g/mol. The first-order valence-electron chi connectivity index (χ1n) is 6.91. The van der Waals surface area contributed by atoms with Crippen molar-refractivity contribution in [1.82, 2.24) is 0 Å². The summed E-state index contributed by atoms with van der Waals surface area (Å²) in [6.07, 6.45) is 0. The third-order valence-electron chi connectivity index (χ3n) is 3.04. The Hall–Kier alpha value is -3.09. The molecule has 0 aliphatic carbocycles. The van der Waals surface area contributed by atoms with Crippen LogP contribution in [0.5, 0.6) is 11.5 Å². The van der Waals surface area contributed by atoms with Crippen molar-refractivity contribution in [3.05, 3.63) is 58.1 Å². The second-order valence-corrected chi connectivity index (χ2v) is 4.56. The standard InChI is InChI=1S/C16H16N2O5/c1-3-23-13-6-4-5-11(9-13)16(19)17-12-7-8-15(22-2)14(10-12)18(20)21/h4-10H,3H2,1-2H3,(H,17,19). The molecule has 0 aromatic heterocycles. The molecule has 0 saturated carbocycles. The first kappa shape index (κ1) is 16.3. The van der Waals surface area contributed by atoms with Gasteiger partial charge in [-0.1, -0.05) is 6.07 Å². The fraction of sp³-hybridized carbons (Fsp3) is 0.188. The maximum atomic E-state index is 12.2. The second kappa shape index (κ2) is 7.26. The Labute approximate surface area is 133 Å². The van der Waals surface area contributed by atoms with E-state index in [1.807, 2.05) is 6.92 Å². The summed E-state index contributed by atoms with van der Waals surface area (Å²) in [4.78, 5) is 22.7. The van der Waals surface area contributed by atoms with Crippen molar-refractivity contribution in [2.24, 2.45) is 0 Å². The zero-order valence-electron chi connectivity index (χ0n) is 12.7. The number of carbonyl (C=O) groups excluding carboxylic acids is 1. The molecule has 1 N–H and O–H groups in total. The highest BCUT2D eigenvalue weighted by Gasteiger charge is 2.16. The SMILES string of the molecule is CCOc1cccc(C(=O)Nc2ccc(OC)c([N+](=O)[O-])c2)c1. The van der Waals surface area contributed by atoms with Crippen LogP contribution >= 0.6 is 0 Å². The van der Waals surface area contributed by atoms with E-state index < -0.39 is 4.92 Å². The van der Waals surface area contributed by atoms with Crippen molar-refractivity contribution in [2.75, 3.05) is 19.0 Å². The molecule has 0 heterocycles. The van der Waals surface area contributed by atoms with Gasteiger partial charge in [-0.25, -0.2) is 0 Å². The Balaban J connectivity index is 2.21. The van der Waals surface area contributed by atoms with Gasteiger partial charge in [-0.2, -0.15) is 0 Å². The van der Waals surface area contributed by atoms with Crippen LogP contribution in [0, 0.1) is 10.1 Å². The Bertz CT molecular complexity index is 730. The Morgan fingerprint density at radius 2 is 2.04 bits per heavy atom. The molecular weight excluding hydrogens is 300 g/mol. The Morgan fingerprint density at radius 3 is 2.70 bits per heavy atom. The summed E-state index contributed by atoms with van der Waals surface area (Å²) in [5, 5.41) is 13.6. The van der Waals surface area contributed by atoms with Crippen molar-refractivity contribution in [2.45, 2.75) is 6.92 Å². The van der Waals surface area contributed by atoms with Crippen molar-refractivity contribution >= 4 is 17.3 Å². The molecule has 7 nitrogen and oxygen atoms in total. The van der Waals surface area contributed by atoms with E-state index >= 15 is 0 Å². The van der Waals surface area contributed by atoms with Gasteiger partial charge in [-0.05, 0) is 37.3 Å². The third kappa shape index (κ3) is 3.97. The molecule has 1 amide bonds. The molecule has 7 heteroatoms. The number of nitro groups is 1. The highest BCUT2D eigenvalue weighted by Crippen LogP contribution is 2.29. The fourth-order valence-corrected chi connectivity index (χ4v) is 2.01. The molecule has 0 radical (unpaired) electrons. The normalized spacial score (nSPS) is 10.0. The lowest BCUT2D eigenvalue weighted by atomic mass is 10.2. The number of rotatable bonds is 6. The molecule has 2 aromatic rings. The van der Waals surface area contributed by atoms with E-state index in [9.17, 15) is 14.9 Å². The molecule has 2 rings (SSSR count). The molecule has 0 aliphatic rings. The molecule has 0 atom stereocenters. The number of carbonyl (C=O) groups is 1. The minimum absolute atomic E-state index is 0.131. The average Bonchev–Trinajstić information content (AvgIpc) is 2.55. The molecule has 0 bridgehead atoms. The second-order valence-electron chi connectivity index (χ2n) is 4.56. The average molecular weight is 316 g/mol. The van der Waals surface area contributed by atoms with Gasteiger partial charge in [0.2, 0.25) is 0 Å². The van der Waals surface area contributed by atoms with Gasteiger partial charge < -0.3 is 14.8 Å². The molecule has 120 valence electrons. The molecule has 0 unspecified atom stereocenters. The van der Waals surface area contributed by atoms with Gasteiger partial charge in [0.25, 0.3) is 5.91 Å².